The molecule has 0 saturated heterocycles. The predicted molar refractivity (Wildman–Crippen MR) is 97.0 cm³/mol. The van der Waals surface area contributed by atoms with Crippen LogP contribution in [0, 0.1) is 0 Å². The molecule has 1 nitrogen and oxygen atoms in total. The third kappa shape index (κ3) is 4.97. The Balaban J connectivity index is 3.01. The summed E-state index contributed by atoms with van der Waals surface area (Å²) in [5.74, 6) is 0. The van der Waals surface area contributed by atoms with Crippen molar-refractivity contribution in [2.24, 2.45) is 0 Å². The molecule has 0 saturated carbocycles. The average Bonchev–Trinajstić information content (AvgIpc) is 2.39. The lowest BCUT2D eigenvalue weighted by Gasteiger charge is -2.36. The van der Waals surface area contributed by atoms with Crippen LogP contribution in [0.5, 0.6) is 0 Å². The van der Waals surface area contributed by atoms with E-state index in [2.05, 4.69) is 77.7 Å². The van der Waals surface area contributed by atoms with Crippen LogP contribution in [0.4, 0.5) is 0 Å². The van der Waals surface area contributed by atoms with Gasteiger partial charge in [-0.15, -0.1) is 6.58 Å². The minimum absolute atomic E-state index is 0.237. The Labute approximate surface area is 131 Å². The first-order valence-corrected chi connectivity index (χ1v) is 10.6. The largest absolute Gasteiger partial charge is 0.413 e. The van der Waals surface area contributed by atoms with E-state index in [1.165, 1.54) is 16.7 Å². The van der Waals surface area contributed by atoms with Crippen molar-refractivity contribution in [3.05, 3.63) is 54.1 Å². The molecule has 0 aliphatic carbocycles. The van der Waals surface area contributed by atoms with Gasteiger partial charge in [0.15, 0.2) is 8.32 Å². The molecule has 0 unspecified atom stereocenters. The fourth-order valence-electron chi connectivity index (χ4n) is 1.90. The van der Waals surface area contributed by atoms with Gasteiger partial charge in [-0.1, -0.05) is 62.8 Å². The van der Waals surface area contributed by atoms with Crippen LogP contribution in [-0.4, -0.2) is 14.9 Å². The Morgan fingerprint density at radius 3 is 2.24 bits per heavy atom. The summed E-state index contributed by atoms with van der Waals surface area (Å²) in [4.78, 5) is 0. The maximum Gasteiger partial charge on any atom is 0.192 e. The first-order chi connectivity index (χ1) is 9.69. The molecule has 0 aliphatic heterocycles. The van der Waals surface area contributed by atoms with Gasteiger partial charge >= 0.3 is 0 Å². The number of benzene rings is 1. The van der Waals surface area contributed by atoms with E-state index >= 15 is 0 Å². The number of hydrogen-bond donors (Lipinski definition) is 0. The number of rotatable bonds is 6. The minimum Gasteiger partial charge on any atom is -0.413 e. The van der Waals surface area contributed by atoms with Gasteiger partial charge in [0.25, 0.3) is 0 Å². The van der Waals surface area contributed by atoms with Gasteiger partial charge < -0.3 is 4.43 Å². The third-order valence-corrected chi connectivity index (χ3v) is 8.95. The van der Waals surface area contributed by atoms with E-state index in [0.29, 0.717) is 6.61 Å². The molecule has 1 aromatic rings. The summed E-state index contributed by atoms with van der Waals surface area (Å²) in [5, 5.41) is 0.237. The highest BCUT2D eigenvalue weighted by atomic mass is 28.4. The molecule has 0 amide bonds. The Morgan fingerprint density at radius 2 is 1.76 bits per heavy atom. The maximum absolute atomic E-state index is 6.42. The molecule has 0 spiro atoms. The molecule has 0 radical (unpaired) electrons. The van der Waals surface area contributed by atoms with E-state index in [1.54, 1.807) is 0 Å². The SMILES string of the molecule is C=CC/C(C)=C(/CO[Si](C)(C)C(C)(C)C)c1ccccc1. The normalized spacial score (nSPS) is 13.8. The van der Waals surface area contributed by atoms with Crippen LogP contribution in [0.1, 0.15) is 39.7 Å². The second-order valence-corrected chi connectivity index (χ2v) is 12.0. The van der Waals surface area contributed by atoms with Crippen LogP contribution in [0.15, 0.2) is 48.6 Å². The minimum atomic E-state index is -1.73. The van der Waals surface area contributed by atoms with Gasteiger partial charge in [-0.25, -0.2) is 0 Å². The monoisotopic (exact) mass is 302 g/mol. The predicted octanol–water partition coefficient (Wildman–Crippen LogP) is 6.06. The lowest BCUT2D eigenvalue weighted by Crippen LogP contribution is -2.41. The van der Waals surface area contributed by atoms with Crippen molar-refractivity contribution >= 4 is 13.9 Å². The van der Waals surface area contributed by atoms with Gasteiger partial charge in [0.05, 0.1) is 6.61 Å². The Hall–Kier alpha value is -1.12. The summed E-state index contributed by atoms with van der Waals surface area (Å²) in [6, 6.07) is 10.6. The zero-order valence-electron chi connectivity index (χ0n) is 14.5. The molecule has 21 heavy (non-hydrogen) atoms. The lowest BCUT2D eigenvalue weighted by molar-refractivity contribution is 0.333. The van der Waals surface area contributed by atoms with Crippen LogP contribution < -0.4 is 0 Å². The average molecular weight is 303 g/mol. The third-order valence-electron chi connectivity index (χ3n) is 4.47. The van der Waals surface area contributed by atoms with Gasteiger partial charge in [0.1, 0.15) is 0 Å². The maximum atomic E-state index is 6.42. The second-order valence-electron chi connectivity index (χ2n) is 7.17. The second kappa shape index (κ2) is 7.23. The van der Waals surface area contributed by atoms with E-state index in [9.17, 15) is 0 Å². The fraction of sp³-hybridized carbons (Fsp3) is 0.474. The van der Waals surface area contributed by atoms with Crippen molar-refractivity contribution in [2.75, 3.05) is 6.61 Å². The molecule has 0 bridgehead atoms. The van der Waals surface area contributed by atoms with Crippen molar-refractivity contribution in [2.45, 2.75) is 52.2 Å². The molecule has 116 valence electrons. The Morgan fingerprint density at radius 1 is 1.19 bits per heavy atom. The van der Waals surface area contributed by atoms with E-state index in [4.69, 9.17) is 4.43 Å². The highest BCUT2D eigenvalue weighted by Gasteiger charge is 2.37. The number of hydrogen-bond acceptors (Lipinski definition) is 1. The molecule has 0 aliphatic rings. The van der Waals surface area contributed by atoms with Crippen LogP contribution in [0.25, 0.3) is 5.57 Å². The van der Waals surface area contributed by atoms with Crippen LogP contribution in [0.2, 0.25) is 18.1 Å². The topological polar surface area (TPSA) is 9.23 Å². The molecule has 0 heterocycles. The van der Waals surface area contributed by atoms with Crippen molar-refractivity contribution in [3.8, 4) is 0 Å². The van der Waals surface area contributed by atoms with Gasteiger partial charge in [0.2, 0.25) is 0 Å². The van der Waals surface area contributed by atoms with Gasteiger partial charge in [-0.05, 0) is 42.6 Å². The zero-order chi connectivity index (χ0) is 16.1. The molecule has 1 aromatic carbocycles. The fourth-order valence-corrected chi connectivity index (χ4v) is 2.84. The smallest absolute Gasteiger partial charge is 0.192 e. The summed E-state index contributed by atoms with van der Waals surface area (Å²) in [7, 11) is -1.73. The van der Waals surface area contributed by atoms with Crippen LogP contribution in [0.3, 0.4) is 0 Å². The summed E-state index contributed by atoms with van der Waals surface area (Å²) in [5.41, 5.74) is 3.91. The van der Waals surface area contributed by atoms with E-state index in [1.807, 2.05) is 6.08 Å². The summed E-state index contributed by atoms with van der Waals surface area (Å²) in [6.45, 7) is 18.2. The zero-order valence-corrected chi connectivity index (χ0v) is 15.5. The summed E-state index contributed by atoms with van der Waals surface area (Å²) in [6.07, 6.45) is 2.87. The summed E-state index contributed by atoms with van der Waals surface area (Å²) < 4.78 is 6.42. The molecule has 0 fully saturated rings. The van der Waals surface area contributed by atoms with Crippen molar-refractivity contribution in [1.29, 1.82) is 0 Å². The first-order valence-electron chi connectivity index (χ1n) is 7.68. The molecular weight excluding hydrogens is 272 g/mol. The highest BCUT2D eigenvalue weighted by Crippen LogP contribution is 2.37. The van der Waals surface area contributed by atoms with E-state index in [-0.39, 0.29) is 5.04 Å². The standard InChI is InChI=1S/C19H30OSi/c1-8-12-16(2)18(17-13-10-9-11-14-17)15-20-21(6,7)19(3,4)5/h8-11,13-14H,1,12,15H2,2-7H3/b18-16-. The molecule has 0 aromatic heterocycles. The first kappa shape index (κ1) is 17.9. The van der Waals surface area contributed by atoms with Gasteiger partial charge in [0, 0.05) is 0 Å². The number of allylic oxidation sites excluding steroid dienone is 2. The molecule has 0 atom stereocenters. The van der Waals surface area contributed by atoms with Crippen LogP contribution >= 0.6 is 0 Å². The summed E-state index contributed by atoms with van der Waals surface area (Å²) >= 11 is 0. The van der Waals surface area contributed by atoms with Crippen LogP contribution in [-0.2, 0) is 4.43 Å². The molecule has 1 rings (SSSR count). The van der Waals surface area contributed by atoms with Gasteiger partial charge in [-0.3, -0.25) is 0 Å². The van der Waals surface area contributed by atoms with Gasteiger partial charge in [-0.2, -0.15) is 0 Å². The lowest BCUT2D eigenvalue weighted by atomic mass is 10.00. The van der Waals surface area contributed by atoms with E-state index < -0.39 is 8.32 Å². The molecule has 0 N–H and O–H groups in total. The molecule has 2 heteroatoms. The van der Waals surface area contributed by atoms with Crippen molar-refractivity contribution in [1.82, 2.24) is 0 Å². The highest BCUT2D eigenvalue weighted by molar-refractivity contribution is 6.74. The van der Waals surface area contributed by atoms with Crippen molar-refractivity contribution in [3.63, 3.8) is 0 Å². The van der Waals surface area contributed by atoms with E-state index in [0.717, 1.165) is 6.42 Å². The Kier molecular flexibility index (Phi) is 6.18. The van der Waals surface area contributed by atoms with Crippen molar-refractivity contribution < 1.29 is 4.43 Å². The quantitative estimate of drug-likeness (QED) is 0.458. The Bertz CT molecular complexity index is 492. The molecular formula is C19H30OSi.